The van der Waals surface area contributed by atoms with E-state index in [0.29, 0.717) is 34.8 Å². The first kappa shape index (κ1) is 20.8. The van der Waals surface area contributed by atoms with Crippen molar-refractivity contribution >= 4 is 11.8 Å². The molecule has 0 saturated heterocycles. The first-order chi connectivity index (χ1) is 14.6. The van der Waals surface area contributed by atoms with Crippen molar-refractivity contribution in [2.75, 3.05) is 0 Å². The highest BCUT2D eigenvalue weighted by Gasteiger charge is 2.54. The van der Waals surface area contributed by atoms with Crippen molar-refractivity contribution in [1.82, 2.24) is 0 Å². The summed E-state index contributed by atoms with van der Waals surface area (Å²) in [7, 11) is 0. The SMILES string of the molecule is CC.CC12CCC3c4ccc(OC(=O)c5ccccc5)cc4CCC3C1CCC2=O. The van der Waals surface area contributed by atoms with E-state index in [0.717, 1.165) is 38.5 Å². The summed E-state index contributed by atoms with van der Waals surface area (Å²) in [6.45, 7) is 6.21. The average molecular weight is 405 g/mol. The number of aryl methyl sites for hydroxylation is 1. The predicted octanol–water partition coefficient (Wildman–Crippen LogP) is 6.36. The normalized spacial score (nSPS) is 29.0. The van der Waals surface area contributed by atoms with E-state index in [-0.39, 0.29) is 11.4 Å². The zero-order valence-electron chi connectivity index (χ0n) is 18.3. The Morgan fingerprint density at radius 1 is 1.00 bits per heavy atom. The fraction of sp³-hybridized carbons (Fsp3) is 0.481. The second-order valence-corrected chi connectivity index (χ2v) is 8.95. The van der Waals surface area contributed by atoms with E-state index in [4.69, 9.17) is 4.74 Å². The minimum atomic E-state index is -0.313. The number of carbonyl (C=O) groups is 2. The molecule has 3 aliphatic carbocycles. The van der Waals surface area contributed by atoms with Crippen LogP contribution >= 0.6 is 0 Å². The molecule has 0 N–H and O–H groups in total. The molecule has 158 valence electrons. The van der Waals surface area contributed by atoms with Gasteiger partial charge in [-0.25, -0.2) is 4.79 Å². The molecule has 5 rings (SSSR count). The summed E-state index contributed by atoms with van der Waals surface area (Å²) in [5.41, 5.74) is 3.21. The minimum Gasteiger partial charge on any atom is -0.423 e. The molecule has 2 aromatic rings. The van der Waals surface area contributed by atoms with Gasteiger partial charge in [0.2, 0.25) is 0 Å². The highest BCUT2D eigenvalue weighted by molar-refractivity contribution is 5.91. The van der Waals surface area contributed by atoms with Gasteiger partial charge in [-0.3, -0.25) is 4.79 Å². The van der Waals surface area contributed by atoms with Crippen LogP contribution in [0.15, 0.2) is 48.5 Å². The Bertz CT molecular complexity index is 932. The van der Waals surface area contributed by atoms with Crippen LogP contribution in [-0.2, 0) is 11.2 Å². The van der Waals surface area contributed by atoms with E-state index >= 15 is 0 Å². The van der Waals surface area contributed by atoms with Gasteiger partial charge in [0.1, 0.15) is 11.5 Å². The molecule has 3 aliphatic rings. The van der Waals surface area contributed by atoms with Crippen molar-refractivity contribution in [2.24, 2.45) is 17.3 Å². The highest BCUT2D eigenvalue weighted by atomic mass is 16.5. The molecule has 2 saturated carbocycles. The minimum absolute atomic E-state index is 0.0795. The van der Waals surface area contributed by atoms with E-state index in [1.54, 1.807) is 12.1 Å². The molecular weight excluding hydrogens is 372 g/mol. The molecule has 4 unspecified atom stereocenters. The third-order valence-corrected chi connectivity index (χ3v) is 7.63. The van der Waals surface area contributed by atoms with Crippen LogP contribution in [0.3, 0.4) is 0 Å². The number of Topliss-reactive ketones (excluding diaryl/α,β-unsaturated/α-hetero) is 1. The Kier molecular flexibility index (Phi) is 5.81. The lowest BCUT2D eigenvalue weighted by molar-refractivity contribution is -0.129. The van der Waals surface area contributed by atoms with Crippen LogP contribution in [0.25, 0.3) is 0 Å². The van der Waals surface area contributed by atoms with Crippen LogP contribution in [0, 0.1) is 17.3 Å². The van der Waals surface area contributed by atoms with Crippen LogP contribution in [0.4, 0.5) is 0 Å². The maximum absolute atomic E-state index is 12.5. The summed E-state index contributed by atoms with van der Waals surface area (Å²) >= 11 is 0. The second kappa shape index (κ2) is 8.37. The molecule has 0 heterocycles. The van der Waals surface area contributed by atoms with Crippen molar-refractivity contribution in [3.63, 3.8) is 0 Å². The second-order valence-electron chi connectivity index (χ2n) is 8.95. The van der Waals surface area contributed by atoms with Crippen molar-refractivity contribution < 1.29 is 14.3 Å². The van der Waals surface area contributed by atoms with Gasteiger partial charge in [0.25, 0.3) is 0 Å². The number of carbonyl (C=O) groups excluding carboxylic acids is 2. The highest BCUT2D eigenvalue weighted by Crippen LogP contribution is 2.59. The van der Waals surface area contributed by atoms with E-state index in [1.165, 1.54) is 11.1 Å². The lowest BCUT2D eigenvalue weighted by Crippen LogP contribution is -2.42. The summed E-state index contributed by atoms with van der Waals surface area (Å²) in [6.07, 6.45) is 6.10. The number of fused-ring (bicyclic) bond motifs is 5. The van der Waals surface area contributed by atoms with Crippen LogP contribution < -0.4 is 4.74 Å². The molecule has 0 aliphatic heterocycles. The zero-order chi connectivity index (χ0) is 21.3. The summed E-state index contributed by atoms with van der Waals surface area (Å²) in [6, 6.07) is 15.3. The average Bonchev–Trinajstić information content (AvgIpc) is 3.10. The van der Waals surface area contributed by atoms with Crippen molar-refractivity contribution in [2.45, 2.75) is 65.2 Å². The van der Waals surface area contributed by atoms with Crippen molar-refractivity contribution in [3.8, 4) is 5.75 Å². The Hall–Kier alpha value is -2.42. The monoisotopic (exact) mass is 404 g/mol. The third-order valence-electron chi connectivity index (χ3n) is 7.63. The maximum atomic E-state index is 12.5. The van der Waals surface area contributed by atoms with Gasteiger partial charge < -0.3 is 4.74 Å². The summed E-state index contributed by atoms with van der Waals surface area (Å²) < 4.78 is 5.62. The number of benzene rings is 2. The largest absolute Gasteiger partial charge is 0.423 e. The van der Waals surface area contributed by atoms with Crippen molar-refractivity contribution in [1.29, 1.82) is 0 Å². The number of ketones is 1. The Balaban J connectivity index is 0.00000106. The molecule has 30 heavy (non-hydrogen) atoms. The number of ether oxygens (including phenoxy) is 1. The van der Waals surface area contributed by atoms with Crippen LogP contribution in [-0.4, -0.2) is 11.8 Å². The molecule has 0 bridgehead atoms. The van der Waals surface area contributed by atoms with Gasteiger partial charge >= 0.3 is 5.97 Å². The molecule has 3 heteroatoms. The molecule has 4 atom stereocenters. The Morgan fingerprint density at radius 3 is 2.53 bits per heavy atom. The summed E-state index contributed by atoms with van der Waals surface area (Å²) in [5.74, 6) is 2.52. The molecule has 0 amide bonds. The van der Waals surface area contributed by atoms with Gasteiger partial charge in [-0.15, -0.1) is 0 Å². The Labute approximate surface area is 179 Å². The quantitative estimate of drug-likeness (QED) is 0.432. The summed E-state index contributed by atoms with van der Waals surface area (Å²) in [5, 5.41) is 0. The molecule has 2 aromatic carbocycles. The van der Waals surface area contributed by atoms with E-state index < -0.39 is 0 Å². The van der Waals surface area contributed by atoms with Crippen molar-refractivity contribution in [3.05, 3.63) is 65.2 Å². The van der Waals surface area contributed by atoms with Gasteiger partial charge in [-0.05, 0) is 85.3 Å². The van der Waals surface area contributed by atoms with Crippen LogP contribution in [0.5, 0.6) is 5.75 Å². The maximum Gasteiger partial charge on any atom is 0.343 e. The molecule has 3 nitrogen and oxygen atoms in total. The molecule has 0 aromatic heterocycles. The lowest BCUT2D eigenvalue weighted by Gasteiger charge is -2.48. The summed E-state index contributed by atoms with van der Waals surface area (Å²) in [4.78, 5) is 24.8. The lowest BCUT2D eigenvalue weighted by atomic mass is 9.55. The van der Waals surface area contributed by atoms with Crippen LogP contribution in [0.1, 0.15) is 80.3 Å². The van der Waals surface area contributed by atoms with Gasteiger partial charge in [0.15, 0.2) is 0 Å². The Morgan fingerprint density at radius 2 is 1.77 bits per heavy atom. The zero-order valence-corrected chi connectivity index (χ0v) is 18.3. The van der Waals surface area contributed by atoms with E-state index in [2.05, 4.69) is 19.1 Å². The van der Waals surface area contributed by atoms with E-state index in [1.807, 2.05) is 38.1 Å². The fourth-order valence-corrected chi connectivity index (χ4v) is 6.13. The van der Waals surface area contributed by atoms with Crippen LogP contribution in [0.2, 0.25) is 0 Å². The van der Waals surface area contributed by atoms with Gasteiger partial charge in [-0.1, -0.05) is 45.0 Å². The van der Waals surface area contributed by atoms with Gasteiger partial charge in [0, 0.05) is 11.8 Å². The molecule has 0 radical (unpaired) electrons. The third kappa shape index (κ3) is 3.49. The van der Waals surface area contributed by atoms with Gasteiger partial charge in [0.05, 0.1) is 5.56 Å². The molecule has 0 spiro atoms. The number of esters is 1. The standard InChI is InChI=1S/C25H26O3.C2H6/c1-25-14-13-20-19-10-8-18(28-24(27)16-5-3-2-4-6-16)15-17(19)7-9-21(20)22(25)11-12-23(25)26;1-2/h2-6,8,10,15,20-22H,7,9,11-14H2,1H3;1-2H3. The first-order valence-electron chi connectivity index (χ1n) is 11.5. The number of rotatable bonds is 2. The molecular formula is C27H32O3. The number of hydrogen-bond donors (Lipinski definition) is 0. The molecule has 2 fully saturated rings. The van der Waals surface area contributed by atoms with E-state index in [9.17, 15) is 9.59 Å². The first-order valence-corrected chi connectivity index (χ1v) is 11.5. The topological polar surface area (TPSA) is 43.4 Å². The smallest absolute Gasteiger partial charge is 0.343 e. The number of hydrogen-bond acceptors (Lipinski definition) is 3. The predicted molar refractivity (Wildman–Crippen MR) is 119 cm³/mol. The fourth-order valence-electron chi connectivity index (χ4n) is 6.13. The van der Waals surface area contributed by atoms with Gasteiger partial charge in [-0.2, -0.15) is 0 Å².